The Hall–Kier alpha value is -1.17. The van der Waals surface area contributed by atoms with Gasteiger partial charge in [0.25, 0.3) is 0 Å². The van der Waals surface area contributed by atoms with Crippen molar-refractivity contribution in [1.82, 2.24) is 10.9 Å². The number of nitrogens with zero attached hydrogens (tertiary/aromatic N) is 2. The largest absolute Gasteiger partial charge is 0.367 e. The van der Waals surface area contributed by atoms with E-state index in [-0.39, 0.29) is 24.3 Å². The minimum atomic E-state index is 0. The zero-order valence-electron chi connectivity index (χ0n) is 4.46. The number of nitrogens with one attached hydrogen (secondary N) is 2. The molecule has 0 radical (unpaired) electrons. The molecule has 1 heterocycles. The van der Waals surface area contributed by atoms with Crippen LogP contribution in [-0.2, 0) is 0 Å². The first-order valence-electron chi connectivity index (χ1n) is 1.97. The van der Waals surface area contributed by atoms with E-state index in [9.17, 15) is 0 Å². The summed E-state index contributed by atoms with van der Waals surface area (Å²) in [7, 11) is 0. The van der Waals surface area contributed by atoms with Gasteiger partial charge in [-0.1, -0.05) is 0 Å². The van der Waals surface area contributed by atoms with Crippen molar-refractivity contribution in [3.05, 3.63) is 0 Å². The fraction of sp³-hybridized carbons (Fsp3) is 0. The van der Waals surface area contributed by atoms with Crippen LogP contribution >= 0.6 is 12.4 Å². The van der Waals surface area contributed by atoms with Gasteiger partial charge in [0.1, 0.15) is 0 Å². The molecule has 1 aliphatic rings. The van der Waals surface area contributed by atoms with Crippen molar-refractivity contribution in [2.24, 2.45) is 21.7 Å². The third-order valence-electron chi connectivity index (χ3n) is 0.584. The summed E-state index contributed by atoms with van der Waals surface area (Å²) >= 11 is 0. The summed E-state index contributed by atoms with van der Waals surface area (Å²) in [6, 6.07) is 0. The van der Waals surface area contributed by atoms with E-state index in [1.165, 1.54) is 0 Å². The molecule has 0 atom stereocenters. The highest BCUT2D eigenvalue weighted by atomic mass is 35.5. The van der Waals surface area contributed by atoms with Crippen molar-refractivity contribution in [2.75, 3.05) is 0 Å². The summed E-state index contributed by atoms with van der Waals surface area (Å²) < 4.78 is 0. The summed E-state index contributed by atoms with van der Waals surface area (Å²) in [6.45, 7) is 0. The molecular formula is C2H7ClN6. The van der Waals surface area contributed by atoms with E-state index in [2.05, 4.69) is 21.1 Å². The van der Waals surface area contributed by atoms with Crippen LogP contribution in [0.15, 0.2) is 10.2 Å². The second-order valence-corrected chi connectivity index (χ2v) is 1.22. The molecule has 0 saturated heterocycles. The molecule has 0 aromatic carbocycles. The Labute approximate surface area is 57.8 Å². The summed E-state index contributed by atoms with van der Waals surface area (Å²) in [4.78, 5) is 0. The first kappa shape index (κ1) is 7.83. The minimum absolute atomic E-state index is 0. The molecule has 0 aliphatic carbocycles. The molecule has 0 unspecified atom stereocenters. The molecule has 52 valence electrons. The maximum atomic E-state index is 5.11. The van der Waals surface area contributed by atoms with Crippen molar-refractivity contribution >= 4 is 24.3 Å². The number of rotatable bonds is 0. The number of hydrogen-bond acceptors (Lipinski definition) is 6. The van der Waals surface area contributed by atoms with Gasteiger partial charge in [0.05, 0.1) is 0 Å². The number of hydrogen-bond donors (Lipinski definition) is 4. The molecule has 1 rings (SSSR count). The number of hydrazine groups is 1. The highest BCUT2D eigenvalue weighted by Crippen LogP contribution is 1.72. The SMILES string of the molecule is Cl.NC1=NN=C(N)NN1. The smallest absolute Gasteiger partial charge is 0.232 e. The third-order valence-corrected chi connectivity index (χ3v) is 0.584. The van der Waals surface area contributed by atoms with Crippen molar-refractivity contribution in [2.45, 2.75) is 0 Å². The van der Waals surface area contributed by atoms with Crippen molar-refractivity contribution in [3.8, 4) is 0 Å². The van der Waals surface area contributed by atoms with Crippen molar-refractivity contribution in [1.29, 1.82) is 0 Å². The maximum Gasteiger partial charge on any atom is 0.232 e. The third kappa shape index (κ3) is 2.04. The molecule has 6 N–H and O–H groups in total. The molecule has 0 bridgehead atoms. The minimum Gasteiger partial charge on any atom is -0.367 e. The molecule has 6 nitrogen and oxygen atoms in total. The van der Waals surface area contributed by atoms with E-state index in [0.29, 0.717) is 0 Å². The Bertz CT molecular complexity index is 131. The summed E-state index contributed by atoms with van der Waals surface area (Å²) in [5.74, 6) is 0.415. The highest BCUT2D eigenvalue weighted by molar-refractivity contribution is 5.87. The Kier molecular flexibility index (Phi) is 2.59. The van der Waals surface area contributed by atoms with Gasteiger partial charge in [0.2, 0.25) is 11.9 Å². The van der Waals surface area contributed by atoms with Crippen LogP contribution in [0.3, 0.4) is 0 Å². The average Bonchev–Trinajstić information content (AvgIpc) is 1.77. The van der Waals surface area contributed by atoms with Gasteiger partial charge in [-0.2, -0.15) is 0 Å². The molecule has 0 aromatic rings. The van der Waals surface area contributed by atoms with E-state index in [0.717, 1.165) is 0 Å². The van der Waals surface area contributed by atoms with Crippen LogP contribution in [0.2, 0.25) is 0 Å². The summed E-state index contributed by atoms with van der Waals surface area (Å²) in [5, 5.41) is 6.79. The number of halogens is 1. The average molecular weight is 151 g/mol. The van der Waals surface area contributed by atoms with Gasteiger partial charge in [-0.15, -0.1) is 22.6 Å². The van der Waals surface area contributed by atoms with Gasteiger partial charge in [-0.3, -0.25) is 10.9 Å². The Morgan fingerprint density at radius 3 is 1.56 bits per heavy atom. The van der Waals surface area contributed by atoms with Crippen molar-refractivity contribution in [3.63, 3.8) is 0 Å². The predicted octanol–water partition coefficient (Wildman–Crippen LogP) is -1.94. The highest BCUT2D eigenvalue weighted by Gasteiger charge is 1.96. The van der Waals surface area contributed by atoms with E-state index in [1.807, 2.05) is 0 Å². The Morgan fingerprint density at radius 1 is 1.00 bits per heavy atom. The molecule has 7 heteroatoms. The number of guanidine groups is 2. The van der Waals surface area contributed by atoms with Gasteiger partial charge in [-0.05, 0) is 0 Å². The molecular weight excluding hydrogens is 144 g/mol. The molecule has 0 saturated carbocycles. The Morgan fingerprint density at radius 2 is 1.33 bits per heavy atom. The van der Waals surface area contributed by atoms with E-state index >= 15 is 0 Å². The fourth-order valence-corrected chi connectivity index (χ4v) is 0.286. The quantitative estimate of drug-likeness (QED) is 0.323. The first-order valence-corrected chi connectivity index (χ1v) is 1.97. The second-order valence-electron chi connectivity index (χ2n) is 1.22. The summed E-state index contributed by atoms with van der Waals surface area (Å²) in [6.07, 6.45) is 0. The zero-order chi connectivity index (χ0) is 5.98. The topological polar surface area (TPSA) is 101 Å². The van der Waals surface area contributed by atoms with Crippen molar-refractivity contribution < 1.29 is 0 Å². The van der Waals surface area contributed by atoms with E-state index < -0.39 is 0 Å². The monoisotopic (exact) mass is 150 g/mol. The van der Waals surface area contributed by atoms with E-state index in [4.69, 9.17) is 11.5 Å². The van der Waals surface area contributed by atoms with Crippen LogP contribution in [0.1, 0.15) is 0 Å². The van der Waals surface area contributed by atoms with Gasteiger partial charge in [-0.25, -0.2) is 0 Å². The van der Waals surface area contributed by atoms with Crippen LogP contribution in [0.4, 0.5) is 0 Å². The fourth-order valence-electron chi connectivity index (χ4n) is 0.286. The van der Waals surface area contributed by atoms with Crippen LogP contribution in [-0.4, -0.2) is 11.9 Å². The first-order chi connectivity index (χ1) is 3.79. The lowest BCUT2D eigenvalue weighted by molar-refractivity contribution is 0.805. The Balaban J connectivity index is 0.000000640. The van der Waals surface area contributed by atoms with Gasteiger partial charge in [0.15, 0.2) is 0 Å². The molecule has 0 spiro atoms. The normalized spacial score (nSPS) is 15.6. The lowest BCUT2D eigenvalue weighted by atomic mass is 11.0. The van der Waals surface area contributed by atoms with E-state index in [1.54, 1.807) is 0 Å². The molecule has 0 amide bonds. The maximum absolute atomic E-state index is 5.11. The van der Waals surface area contributed by atoms with Gasteiger partial charge >= 0.3 is 0 Å². The van der Waals surface area contributed by atoms with Gasteiger partial charge < -0.3 is 11.5 Å². The predicted molar refractivity (Wildman–Crippen MR) is 36.8 cm³/mol. The second kappa shape index (κ2) is 2.98. The molecule has 1 aliphatic heterocycles. The summed E-state index contributed by atoms with van der Waals surface area (Å²) in [5.41, 5.74) is 15.1. The lowest BCUT2D eigenvalue weighted by Crippen LogP contribution is -2.50. The zero-order valence-corrected chi connectivity index (χ0v) is 5.27. The van der Waals surface area contributed by atoms with Crippen LogP contribution in [0.25, 0.3) is 0 Å². The molecule has 0 fully saturated rings. The molecule has 9 heavy (non-hydrogen) atoms. The lowest BCUT2D eigenvalue weighted by Gasteiger charge is -2.08. The van der Waals surface area contributed by atoms with Crippen LogP contribution in [0.5, 0.6) is 0 Å². The van der Waals surface area contributed by atoms with Gasteiger partial charge in [0, 0.05) is 0 Å². The standard InChI is InChI=1S/C2H6N6.ClH/c3-1-5-7-2(4)8-6-1;/h(H3,3,5,6)(H3,4,7,8);1H. The molecule has 0 aromatic heterocycles. The van der Waals surface area contributed by atoms with Crippen LogP contribution in [0, 0.1) is 0 Å². The number of nitrogens with two attached hydrogens (primary N) is 2. The van der Waals surface area contributed by atoms with Crippen LogP contribution < -0.4 is 22.3 Å².